The summed E-state index contributed by atoms with van der Waals surface area (Å²) in [7, 11) is 0. The molecule has 0 spiro atoms. The molecule has 15 heavy (non-hydrogen) atoms. The maximum absolute atomic E-state index is 11.0. The Balaban J connectivity index is 2.92. The van der Waals surface area contributed by atoms with Gasteiger partial charge in [-0.15, -0.1) is 0 Å². The first-order chi connectivity index (χ1) is 7.24. The van der Waals surface area contributed by atoms with E-state index in [4.69, 9.17) is 0 Å². The molecule has 0 heterocycles. The molecule has 0 aliphatic heterocycles. The van der Waals surface area contributed by atoms with Crippen LogP contribution < -0.4 is 0 Å². The molecule has 0 atom stereocenters. The van der Waals surface area contributed by atoms with Crippen LogP contribution in [-0.2, 0) is 16.0 Å². The summed E-state index contributed by atoms with van der Waals surface area (Å²) in [5, 5.41) is 0. The number of carbonyl (C=O) groups excluding carboxylic acids is 2. The zero-order chi connectivity index (χ0) is 11.1. The Hall–Kier alpha value is -1.88. The van der Waals surface area contributed by atoms with Gasteiger partial charge in [-0.3, -0.25) is 4.79 Å². The van der Waals surface area contributed by atoms with E-state index in [2.05, 4.69) is 11.8 Å². The lowest BCUT2D eigenvalue weighted by Crippen LogP contribution is -1.98. The van der Waals surface area contributed by atoms with Crippen LogP contribution in [0.25, 0.3) is 0 Å². The minimum absolute atomic E-state index is 0.111. The number of ketones is 1. The quantitative estimate of drug-likeness (QED) is 0.550. The Morgan fingerprint density at radius 2 is 2.13 bits per heavy atom. The molecule has 0 radical (unpaired) electrons. The van der Waals surface area contributed by atoms with Crippen molar-refractivity contribution >= 4 is 12.1 Å². The largest absolute Gasteiger partial charge is 0.302 e. The number of Topliss-reactive ketones (excluding diaryl/α,β-unsaturated/α-hetero) is 1. The second kappa shape index (κ2) is 5.77. The molecule has 1 aromatic rings. The highest BCUT2D eigenvalue weighted by molar-refractivity contribution is 5.79. The van der Waals surface area contributed by atoms with Gasteiger partial charge in [0.05, 0.1) is 6.42 Å². The SMILES string of the molecule is CC(=O)Cc1ccccc1C#CCC=O. The summed E-state index contributed by atoms with van der Waals surface area (Å²) >= 11 is 0. The molecule has 0 fully saturated rings. The topological polar surface area (TPSA) is 34.1 Å². The van der Waals surface area contributed by atoms with Gasteiger partial charge < -0.3 is 4.79 Å². The van der Waals surface area contributed by atoms with E-state index in [0.29, 0.717) is 6.42 Å². The fourth-order valence-corrected chi connectivity index (χ4v) is 1.25. The monoisotopic (exact) mass is 200 g/mol. The number of hydrogen-bond acceptors (Lipinski definition) is 2. The van der Waals surface area contributed by atoms with Gasteiger partial charge in [-0.25, -0.2) is 0 Å². The fourth-order valence-electron chi connectivity index (χ4n) is 1.25. The molecule has 0 bridgehead atoms. The molecule has 0 amide bonds. The Labute approximate surface area is 89.3 Å². The summed E-state index contributed by atoms with van der Waals surface area (Å²) < 4.78 is 0. The first-order valence-electron chi connectivity index (χ1n) is 4.74. The summed E-state index contributed by atoms with van der Waals surface area (Å²) in [6, 6.07) is 7.49. The number of rotatable bonds is 3. The summed E-state index contributed by atoms with van der Waals surface area (Å²) in [6.07, 6.45) is 1.39. The minimum Gasteiger partial charge on any atom is -0.302 e. The molecule has 2 nitrogen and oxygen atoms in total. The van der Waals surface area contributed by atoms with Crippen molar-refractivity contribution in [3.63, 3.8) is 0 Å². The second-order valence-corrected chi connectivity index (χ2v) is 3.21. The van der Waals surface area contributed by atoms with E-state index in [-0.39, 0.29) is 12.2 Å². The normalized spacial score (nSPS) is 8.87. The van der Waals surface area contributed by atoms with E-state index in [0.717, 1.165) is 17.4 Å². The van der Waals surface area contributed by atoms with Crippen molar-refractivity contribution in [3.05, 3.63) is 35.4 Å². The maximum Gasteiger partial charge on any atom is 0.134 e. The Bertz CT molecular complexity index is 422. The summed E-state index contributed by atoms with van der Waals surface area (Å²) in [6.45, 7) is 1.55. The van der Waals surface area contributed by atoms with Crippen LogP contribution in [0.1, 0.15) is 24.5 Å². The lowest BCUT2D eigenvalue weighted by atomic mass is 10.0. The molecular formula is C13H12O2. The van der Waals surface area contributed by atoms with Crippen molar-refractivity contribution in [2.75, 3.05) is 0 Å². The molecule has 0 aliphatic rings. The van der Waals surface area contributed by atoms with Gasteiger partial charge in [0.2, 0.25) is 0 Å². The van der Waals surface area contributed by atoms with Crippen LogP contribution in [0.3, 0.4) is 0 Å². The second-order valence-electron chi connectivity index (χ2n) is 3.21. The number of hydrogen-bond donors (Lipinski definition) is 0. The third-order valence-electron chi connectivity index (χ3n) is 1.87. The molecule has 0 saturated heterocycles. The molecule has 0 N–H and O–H groups in total. The highest BCUT2D eigenvalue weighted by Crippen LogP contribution is 2.08. The van der Waals surface area contributed by atoms with Crippen LogP contribution in [0.2, 0.25) is 0 Å². The third kappa shape index (κ3) is 3.78. The molecule has 1 rings (SSSR count). The van der Waals surface area contributed by atoms with Crippen molar-refractivity contribution in [2.45, 2.75) is 19.8 Å². The highest BCUT2D eigenvalue weighted by Gasteiger charge is 2.01. The number of carbonyl (C=O) groups is 2. The Morgan fingerprint density at radius 3 is 2.80 bits per heavy atom. The third-order valence-corrected chi connectivity index (χ3v) is 1.87. The molecular weight excluding hydrogens is 188 g/mol. The predicted molar refractivity (Wildman–Crippen MR) is 58.4 cm³/mol. The van der Waals surface area contributed by atoms with Crippen LogP contribution >= 0.6 is 0 Å². The van der Waals surface area contributed by atoms with E-state index in [1.54, 1.807) is 6.92 Å². The summed E-state index contributed by atoms with van der Waals surface area (Å²) in [4.78, 5) is 21.1. The standard InChI is InChI=1S/C13H12O2/c1-11(15)10-13-8-3-2-6-12(13)7-4-5-9-14/h2-3,6,8-9H,5,10H2,1H3. The van der Waals surface area contributed by atoms with E-state index in [1.807, 2.05) is 24.3 Å². The van der Waals surface area contributed by atoms with Gasteiger partial charge in [0.15, 0.2) is 0 Å². The zero-order valence-electron chi connectivity index (χ0n) is 8.62. The molecule has 76 valence electrons. The van der Waals surface area contributed by atoms with Crippen LogP contribution in [0.4, 0.5) is 0 Å². The van der Waals surface area contributed by atoms with Crippen molar-refractivity contribution in [1.29, 1.82) is 0 Å². The van der Waals surface area contributed by atoms with Crippen LogP contribution in [0.15, 0.2) is 24.3 Å². The van der Waals surface area contributed by atoms with Crippen molar-refractivity contribution in [2.24, 2.45) is 0 Å². The van der Waals surface area contributed by atoms with E-state index in [1.165, 1.54) is 0 Å². The molecule has 2 heteroatoms. The molecule has 0 saturated carbocycles. The van der Waals surface area contributed by atoms with Gasteiger partial charge in [0, 0.05) is 12.0 Å². The summed E-state index contributed by atoms with van der Waals surface area (Å²) in [5.74, 6) is 5.73. The molecule has 0 aromatic heterocycles. The van der Waals surface area contributed by atoms with Gasteiger partial charge in [0.25, 0.3) is 0 Å². The average Bonchev–Trinajstić information content (AvgIpc) is 2.20. The first-order valence-corrected chi connectivity index (χ1v) is 4.74. The van der Waals surface area contributed by atoms with Crippen LogP contribution in [-0.4, -0.2) is 12.1 Å². The van der Waals surface area contributed by atoms with E-state index >= 15 is 0 Å². The van der Waals surface area contributed by atoms with Gasteiger partial charge >= 0.3 is 0 Å². The molecule has 1 aromatic carbocycles. The van der Waals surface area contributed by atoms with Gasteiger partial charge in [-0.05, 0) is 18.6 Å². The zero-order valence-corrected chi connectivity index (χ0v) is 8.62. The molecule has 0 aliphatic carbocycles. The van der Waals surface area contributed by atoms with Crippen molar-refractivity contribution in [1.82, 2.24) is 0 Å². The average molecular weight is 200 g/mol. The Morgan fingerprint density at radius 1 is 1.40 bits per heavy atom. The maximum atomic E-state index is 11.0. The van der Waals surface area contributed by atoms with Crippen LogP contribution in [0, 0.1) is 11.8 Å². The first kappa shape index (κ1) is 11.2. The van der Waals surface area contributed by atoms with Gasteiger partial charge in [-0.1, -0.05) is 30.0 Å². The summed E-state index contributed by atoms with van der Waals surface area (Å²) in [5.41, 5.74) is 1.75. The number of benzene rings is 1. The van der Waals surface area contributed by atoms with E-state index in [9.17, 15) is 9.59 Å². The van der Waals surface area contributed by atoms with Crippen LogP contribution in [0.5, 0.6) is 0 Å². The Kier molecular flexibility index (Phi) is 4.30. The smallest absolute Gasteiger partial charge is 0.134 e. The van der Waals surface area contributed by atoms with Crippen molar-refractivity contribution in [3.8, 4) is 11.8 Å². The van der Waals surface area contributed by atoms with Crippen molar-refractivity contribution < 1.29 is 9.59 Å². The predicted octanol–water partition coefficient (Wildman–Crippen LogP) is 1.76. The number of aldehydes is 1. The minimum atomic E-state index is 0.111. The lowest BCUT2D eigenvalue weighted by Gasteiger charge is -2.00. The highest BCUT2D eigenvalue weighted by atomic mass is 16.1. The van der Waals surface area contributed by atoms with Gasteiger partial charge in [0.1, 0.15) is 12.1 Å². The lowest BCUT2D eigenvalue weighted by molar-refractivity contribution is -0.116. The van der Waals surface area contributed by atoms with E-state index < -0.39 is 0 Å². The molecule has 0 unspecified atom stereocenters. The fraction of sp³-hybridized carbons (Fsp3) is 0.231. The van der Waals surface area contributed by atoms with Gasteiger partial charge in [-0.2, -0.15) is 0 Å².